The van der Waals surface area contributed by atoms with Gasteiger partial charge in [-0.1, -0.05) is 0 Å². The number of aliphatic hydroxyl groups is 1. The fraction of sp³-hybridized carbons (Fsp3) is 0.455. The maximum absolute atomic E-state index is 13.5. The quantitative estimate of drug-likeness (QED) is 0.810. The second-order valence-electron chi connectivity index (χ2n) is 3.38. The minimum atomic E-state index is -4.02. The molecule has 0 fully saturated rings. The van der Waals surface area contributed by atoms with Crippen LogP contribution in [0.4, 0.5) is 8.78 Å². The SMILES string of the molecule is CCOC(=O)C(F)(F)C(O)c1ccc(OC)nc1. The smallest absolute Gasteiger partial charge is 0.380 e. The van der Waals surface area contributed by atoms with Gasteiger partial charge in [-0.2, -0.15) is 8.78 Å². The van der Waals surface area contributed by atoms with Crippen LogP contribution in [0.2, 0.25) is 0 Å². The van der Waals surface area contributed by atoms with Gasteiger partial charge in [0, 0.05) is 17.8 Å². The van der Waals surface area contributed by atoms with Gasteiger partial charge in [-0.15, -0.1) is 0 Å². The molecule has 0 spiro atoms. The molecule has 1 atom stereocenters. The van der Waals surface area contributed by atoms with E-state index >= 15 is 0 Å². The average molecular weight is 261 g/mol. The molecule has 0 aliphatic rings. The first-order chi connectivity index (χ1) is 8.43. The molecule has 0 saturated carbocycles. The van der Waals surface area contributed by atoms with Gasteiger partial charge in [0.25, 0.3) is 0 Å². The van der Waals surface area contributed by atoms with E-state index in [0.717, 1.165) is 6.20 Å². The molecular formula is C11H13F2NO4. The topological polar surface area (TPSA) is 68.7 Å². The highest BCUT2D eigenvalue weighted by Crippen LogP contribution is 2.32. The van der Waals surface area contributed by atoms with Crippen molar-refractivity contribution in [2.45, 2.75) is 19.0 Å². The summed E-state index contributed by atoms with van der Waals surface area (Å²) >= 11 is 0. The van der Waals surface area contributed by atoms with Gasteiger partial charge in [-0.05, 0) is 13.0 Å². The number of nitrogens with zero attached hydrogens (tertiary/aromatic N) is 1. The summed E-state index contributed by atoms with van der Waals surface area (Å²) in [6.07, 6.45) is -1.30. The van der Waals surface area contributed by atoms with Gasteiger partial charge in [0.05, 0.1) is 13.7 Å². The van der Waals surface area contributed by atoms with Crippen LogP contribution < -0.4 is 4.74 Å². The normalized spacial score (nSPS) is 12.9. The van der Waals surface area contributed by atoms with Crippen molar-refractivity contribution in [3.63, 3.8) is 0 Å². The Morgan fingerprint density at radius 2 is 2.22 bits per heavy atom. The Morgan fingerprint density at radius 3 is 2.67 bits per heavy atom. The maximum atomic E-state index is 13.5. The number of hydrogen-bond acceptors (Lipinski definition) is 5. The molecule has 18 heavy (non-hydrogen) atoms. The Morgan fingerprint density at radius 1 is 1.56 bits per heavy atom. The number of halogens is 2. The number of carbonyl (C=O) groups is 1. The zero-order chi connectivity index (χ0) is 13.8. The summed E-state index contributed by atoms with van der Waals surface area (Å²) in [6, 6.07) is 2.50. The van der Waals surface area contributed by atoms with Crippen molar-refractivity contribution in [3.8, 4) is 5.88 Å². The number of esters is 1. The zero-order valence-electron chi connectivity index (χ0n) is 9.89. The van der Waals surface area contributed by atoms with Crippen molar-refractivity contribution < 1.29 is 28.2 Å². The fourth-order valence-electron chi connectivity index (χ4n) is 1.22. The van der Waals surface area contributed by atoms with Crippen LogP contribution in [0.3, 0.4) is 0 Å². The number of alkyl halides is 2. The minimum Gasteiger partial charge on any atom is -0.481 e. The van der Waals surface area contributed by atoms with Crippen molar-refractivity contribution in [3.05, 3.63) is 23.9 Å². The summed E-state index contributed by atoms with van der Waals surface area (Å²) in [5.41, 5.74) is -0.200. The fourth-order valence-corrected chi connectivity index (χ4v) is 1.22. The van der Waals surface area contributed by atoms with Crippen LogP contribution in [0.25, 0.3) is 0 Å². The molecule has 0 radical (unpaired) electrons. The summed E-state index contributed by atoms with van der Waals surface area (Å²) in [7, 11) is 1.37. The van der Waals surface area contributed by atoms with Crippen LogP contribution in [0, 0.1) is 0 Å². The maximum Gasteiger partial charge on any atom is 0.380 e. The van der Waals surface area contributed by atoms with Crippen LogP contribution in [-0.4, -0.2) is 35.7 Å². The van der Waals surface area contributed by atoms with Crippen molar-refractivity contribution in [2.75, 3.05) is 13.7 Å². The molecule has 7 heteroatoms. The van der Waals surface area contributed by atoms with E-state index < -0.39 is 18.0 Å². The molecule has 5 nitrogen and oxygen atoms in total. The summed E-state index contributed by atoms with van der Waals surface area (Å²) in [5.74, 6) is -5.58. The average Bonchev–Trinajstić information content (AvgIpc) is 2.38. The van der Waals surface area contributed by atoms with Crippen LogP contribution in [0.5, 0.6) is 5.88 Å². The summed E-state index contributed by atoms with van der Waals surface area (Å²) in [4.78, 5) is 14.7. The van der Waals surface area contributed by atoms with Gasteiger partial charge in [-0.25, -0.2) is 9.78 Å². The van der Waals surface area contributed by atoms with E-state index in [1.165, 1.54) is 26.2 Å². The lowest BCUT2D eigenvalue weighted by Gasteiger charge is -2.20. The highest BCUT2D eigenvalue weighted by molar-refractivity contribution is 5.78. The molecule has 0 amide bonds. The largest absolute Gasteiger partial charge is 0.481 e. The Bertz CT molecular complexity index is 408. The molecule has 1 N–H and O–H groups in total. The first-order valence-corrected chi connectivity index (χ1v) is 5.16. The highest BCUT2D eigenvalue weighted by atomic mass is 19.3. The lowest BCUT2D eigenvalue weighted by Crippen LogP contribution is -2.37. The van der Waals surface area contributed by atoms with Crippen LogP contribution >= 0.6 is 0 Å². The van der Waals surface area contributed by atoms with Gasteiger partial charge >= 0.3 is 11.9 Å². The number of hydrogen-bond donors (Lipinski definition) is 1. The number of carbonyl (C=O) groups excluding carboxylic acids is 1. The second-order valence-corrected chi connectivity index (χ2v) is 3.38. The highest BCUT2D eigenvalue weighted by Gasteiger charge is 2.49. The first kappa shape index (κ1) is 14.3. The molecular weight excluding hydrogens is 248 g/mol. The number of aliphatic hydroxyl groups excluding tert-OH is 1. The van der Waals surface area contributed by atoms with E-state index in [9.17, 15) is 18.7 Å². The molecule has 100 valence electrons. The Balaban J connectivity index is 2.90. The number of aromatic nitrogens is 1. The number of ether oxygens (including phenoxy) is 2. The summed E-state index contributed by atoms with van der Waals surface area (Å²) in [6.45, 7) is 1.21. The standard InChI is InChI=1S/C11H13F2NO4/c1-3-18-10(16)11(12,13)9(15)7-4-5-8(17-2)14-6-7/h4-6,9,15H,3H2,1-2H3. The Hall–Kier alpha value is -1.76. The van der Waals surface area contributed by atoms with E-state index in [1.807, 2.05) is 0 Å². The van der Waals surface area contributed by atoms with Gasteiger partial charge < -0.3 is 14.6 Å². The van der Waals surface area contributed by atoms with E-state index in [2.05, 4.69) is 9.72 Å². The van der Waals surface area contributed by atoms with Crippen molar-refractivity contribution in [2.24, 2.45) is 0 Å². The molecule has 0 saturated heterocycles. The van der Waals surface area contributed by atoms with E-state index in [0.29, 0.717) is 0 Å². The van der Waals surface area contributed by atoms with Gasteiger partial charge in [0.15, 0.2) is 6.10 Å². The number of pyridine rings is 1. The van der Waals surface area contributed by atoms with E-state index in [1.54, 1.807) is 0 Å². The molecule has 1 aromatic rings. The second kappa shape index (κ2) is 5.72. The molecule has 1 unspecified atom stereocenters. The summed E-state index contributed by atoms with van der Waals surface area (Å²) < 4.78 is 35.9. The van der Waals surface area contributed by atoms with Gasteiger partial charge in [0.2, 0.25) is 5.88 Å². The molecule has 0 bridgehead atoms. The molecule has 0 aliphatic carbocycles. The van der Waals surface area contributed by atoms with E-state index in [-0.39, 0.29) is 18.1 Å². The lowest BCUT2D eigenvalue weighted by atomic mass is 10.1. The van der Waals surface area contributed by atoms with Crippen LogP contribution in [-0.2, 0) is 9.53 Å². The predicted octanol–water partition coefficient (Wildman–Crippen LogP) is 1.32. The molecule has 1 rings (SSSR count). The van der Waals surface area contributed by atoms with Crippen LogP contribution in [0.15, 0.2) is 18.3 Å². The third kappa shape index (κ3) is 2.92. The predicted molar refractivity (Wildman–Crippen MR) is 57.3 cm³/mol. The van der Waals surface area contributed by atoms with Gasteiger partial charge in [0.1, 0.15) is 0 Å². The monoisotopic (exact) mass is 261 g/mol. The van der Waals surface area contributed by atoms with E-state index in [4.69, 9.17) is 4.74 Å². The van der Waals surface area contributed by atoms with Gasteiger partial charge in [-0.3, -0.25) is 0 Å². The summed E-state index contributed by atoms with van der Waals surface area (Å²) in [5, 5.41) is 9.48. The third-order valence-corrected chi connectivity index (χ3v) is 2.18. The number of rotatable bonds is 5. The Labute approximate surface area is 102 Å². The van der Waals surface area contributed by atoms with Crippen LogP contribution in [0.1, 0.15) is 18.6 Å². The number of methoxy groups -OCH3 is 1. The molecule has 1 heterocycles. The molecule has 1 aromatic heterocycles. The zero-order valence-corrected chi connectivity index (χ0v) is 9.89. The third-order valence-electron chi connectivity index (χ3n) is 2.18. The minimum absolute atomic E-state index is 0.192. The molecule has 0 aromatic carbocycles. The lowest BCUT2D eigenvalue weighted by molar-refractivity contribution is -0.189. The van der Waals surface area contributed by atoms with Crippen molar-refractivity contribution >= 4 is 5.97 Å². The van der Waals surface area contributed by atoms with Crippen molar-refractivity contribution in [1.29, 1.82) is 0 Å². The first-order valence-electron chi connectivity index (χ1n) is 5.16. The van der Waals surface area contributed by atoms with Crippen molar-refractivity contribution in [1.82, 2.24) is 4.98 Å². The molecule has 0 aliphatic heterocycles. The Kier molecular flexibility index (Phi) is 4.55.